The number of ether oxygens (including phenoxy) is 1. The maximum absolute atomic E-state index is 12.5. The van der Waals surface area contributed by atoms with Crippen LogP contribution < -0.4 is 10.2 Å². The molecule has 0 unspecified atom stereocenters. The van der Waals surface area contributed by atoms with E-state index in [-0.39, 0.29) is 5.91 Å². The molecule has 0 saturated carbocycles. The first kappa shape index (κ1) is 24.2. The van der Waals surface area contributed by atoms with Crippen molar-refractivity contribution in [2.75, 3.05) is 0 Å². The zero-order chi connectivity index (χ0) is 24.5. The highest BCUT2D eigenvalue weighted by Gasteiger charge is 2.07. The minimum atomic E-state index is -0.277. The normalized spacial score (nSPS) is 10.9. The molecule has 1 aromatic heterocycles. The van der Waals surface area contributed by atoms with Gasteiger partial charge in [-0.05, 0) is 55.3 Å². The molecule has 1 heterocycles. The Morgan fingerprint density at radius 2 is 1.60 bits per heavy atom. The van der Waals surface area contributed by atoms with E-state index in [1.54, 1.807) is 30.1 Å². The first-order valence-corrected chi connectivity index (χ1v) is 12.2. The van der Waals surface area contributed by atoms with E-state index in [4.69, 9.17) is 4.74 Å². The van der Waals surface area contributed by atoms with Gasteiger partial charge in [0.25, 0.3) is 5.91 Å². The Morgan fingerprint density at radius 3 is 2.34 bits per heavy atom. The number of benzene rings is 3. The number of nitrogens with zero attached hydrogens (tertiary/aromatic N) is 3. The molecular formula is C28H26N4O2S. The molecule has 6 nitrogen and oxygen atoms in total. The van der Waals surface area contributed by atoms with Crippen LogP contribution in [-0.4, -0.2) is 22.1 Å². The highest BCUT2D eigenvalue weighted by molar-refractivity contribution is 7.98. The maximum atomic E-state index is 12.5. The molecule has 3 aromatic carbocycles. The van der Waals surface area contributed by atoms with Crippen LogP contribution in [0.15, 0.2) is 95.2 Å². The average Bonchev–Trinajstić information content (AvgIpc) is 2.87. The van der Waals surface area contributed by atoms with Gasteiger partial charge in [0.2, 0.25) is 0 Å². The second kappa shape index (κ2) is 11.9. The zero-order valence-corrected chi connectivity index (χ0v) is 20.5. The Labute approximate surface area is 209 Å². The molecule has 0 aliphatic carbocycles. The molecule has 35 heavy (non-hydrogen) atoms. The van der Waals surface area contributed by atoms with Gasteiger partial charge in [-0.1, -0.05) is 66.4 Å². The Balaban J connectivity index is 1.31. The molecule has 176 valence electrons. The number of amides is 1. The largest absolute Gasteiger partial charge is 0.488 e. The summed E-state index contributed by atoms with van der Waals surface area (Å²) < 4.78 is 5.93. The molecule has 0 radical (unpaired) electrons. The van der Waals surface area contributed by atoms with E-state index in [1.165, 1.54) is 0 Å². The Hall–Kier alpha value is -3.97. The number of hydrazone groups is 1. The number of rotatable bonds is 9. The van der Waals surface area contributed by atoms with E-state index >= 15 is 0 Å². The lowest BCUT2D eigenvalue weighted by atomic mass is 10.1. The second-order valence-corrected chi connectivity index (χ2v) is 8.87. The lowest BCUT2D eigenvalue weighted by molar-refractivity contribution is 0.0955. The van der Waals surface area contributed by atoms with Crippen LogP contribution in [0.25, 0.3) is 0 Å². The van der Waals surface area contributed by atoms with E-state index in [9.17, 15) is 4.79 Å². The quantitative estimate of drug-likeness (QED) is 0.143. The molecule has 0 bridgehead atoms. The Morgan fingerprint density at radius 1 is 0.914 bits per heavy atom. The predicted octanol–water partition coefficient (Wildman–Crippen LogP) is 5.73. The van der Waals surface area contributed by atoms with E-state index in [2.05, 4.69) is 20.5 Å². The van der Waals surface area contributed by atoms with Crippen LogP contribution in [-0.2, 0) is 12.4 Å². The van der Waals surface area contributed by atoms with Gasteiger partial charge in [-0.3, -0.25) is 4.79 Å². The summed E-state index contributed by atoms with van der Waals surface area (Å²) in [4.78, 5) is 21.4. The molecule has 0 aliphatic heterocycles. The van der Waals surface area contributed by atoms with Crippen molar-refractivity contribution >= 4 is 23.9 Å². The molecular weight excluding hydrogens is 456 g/mol. The van der Waals surface area contributed by atoms with Crippen LogP contribution in [0.3, 0.4) is 0 Å². The van der Waals surface area contributed by atoms with Gasteiger partial charge in [0.05, 0.1) is 6.21 Å². The number of thioether (sulfide) groups is 1. The van der Waals surface area contributed by atoms with Crippen LogP contribution in [0.4, 0.5) is 0 Å². The summed E-state index contributed by atoms with van der Waals surface area (Å²) >= 11 is 1.57. The lowest BCUT2D eigenvalue weighted by Crippen LogP contribution is -2.17. The molecule has 4 rings (SSSR count). The van der Waals surface area contributed by atoms with Gasteiger partial charge in [0.15, 0.2) is 5.16 Å². The number of carbonyl (C=O) groups excluding carboxylic acids is 1. The summed E-state index contributed by atoms with van der Waals surface area (Å²) in [5.41, 5.74) is 7.98. The summed E-state index contributed by atoms with van der Waals surface area (Å²) in [7, 11) is 0. The van der Waals surface area contributed by atoms with E-state index in [0.29, 0.717) is 17.9 Å². The van der Waals surface area contributed by atoms with Gasteiger partial charge in [0, 0.05) is 28.3 Å². The van der Waals surface area contributed by atoms with Crippen molar-refractivity contribution in [3.8, 4) is 5.75 Å². The predicted molar refractivity (Wildman–Crippen MR) is 140 cm³/mol. The van der Waals surface area contributed by atoms with Crippen LogP contribution in [0.2, 0.25) is 0 Å². The molecule has 1 amide bonds. The summed E-state index contributed by atoms with van der Waals surface area (Å²) in [6.07, 6.45) is 1.59. The SMILES string of the molecule is Cc1cc(C)nc(SCc2ccc(C(=O)N/N=C/c3ccccc3OCc3ccccc3)cc2)n1. The van der Waals surface area contributed by atoms with Gasteiger partial charge >= 0.3 is 0 Å². The number of nitrogens with one attached hydrogen (secondary N) is 1. The van der Waals surface area contributed by atoms with Gasteiger partial charge in [-0.25, -0.2) is 15.4 Å². The molecule has 0 spiro atoms. The fourth-order valence-electron chi connectivity index (χ4n) is 3.34. The van der Waals surface area contributed by atoms with Gasteiger partial charge in [-0.2, -0.15) is 5.10 Å². The van der Waals surface area contributed by atoms with Gasteiger partial charge in [0.1, 0.15) is 12.4 Å². The molecule has 0 fully saturated rings. The summed E-state index contributed by atoms with van der Waals surface area (Å²) in [5, 5.41) is 4.88. The van der Waals surface area contributed by atoms with Crippen LogP contribution >= 0.6 is 11.8 Å². The average molecular weight is 483 g/mol. The van der Waals surface area contributed by atoms with Crippen LogP contribution in [0.1, 0.15) is 38.4 Å². The monoisotopic (exact) mass is 482 g/mol. The fraction of sp³-hybridized carbons (Fsp3) is 0.143. The van der Waals surface area contributed by atoms with Crippen molar-refractivity contribution in [1.82, 2.24) is 15.4 Å². The smallest absolute Gasteiger partial charge is 0.271 e. The standard InChI is InChI=1S/C28H26N4O2S/c1-20-16-21(2)31-28(30-20)35-19-23-12-14-24(15-13-23)27(33)32-29-17-25-10-6-7-11-26(25)34-18-22-8-4-3-5-9-22/h3-17H,18-19H2,1-2H3,(H,32,33)/b29-17+. The van der Waals surface area contributed by atoms with E-state index in [1.807, 2.05) is 86.6 Å². The number of aromatic nitrogens is 2. The molecule has 0 atom stereocenters. The third-order valence-electron chi connectivity index (χ3n) is 5.07. The maximum Gasteiger partial charge on any atom is 0.271 e. The van der Waals surface area contributed by atoms with Crippen molar-refractivity contribution in [1.29, 1.82) is 0 Å². The number of carbonyl (C=O) groups is 1. The van der Waals surface area contributed by atoms with E-state index < -0.39 is 0 Å². The first-order chi connectivity index (χ1) is 17.1. The van der Waals surface area contributed by atoms with Crippen molar-refractivity contribution in [3.63, 3.8) is 0 Å². The minimum absolute atomic E-state index is 0.277. The summed E-state index contributed by atoms with van der Waals surface area (Å²) in [6.45, 7) is 4.38. The highest BCUT2D eigenvalue weighted by atomic mass is 32.2. The minimum Gasteiger partial charge on any atom is -0.488 e. The molecule has 4 aromatic rings. The number of hydrogen-bond acceptors (Lipinski definition) is 6. The topological polar surface area (TPSA) is 76.5 Å². The molecule has 7 heteroatoms. The van der Waals surface area contributed by atoms with Crippen LogP contribution in [0.5, 0.6) is 5.75 Å². The zero-order valence-electron chi connectivity index (χ0n) is 19.6. The lowest BCUT2D eigenvalue weighted by Gasteiger charge is -2.09. The number of para-hydroxylation sites is 1. The van der Waals surface area contributed by atoms with Gasteiger partial charge in [-0.15, -0.1) is 0 Å². The third kappa shape index (κ3) is 7.25. The molecule has 0 aliphatic rings. The van der Waals surface area contributed by atoms with Crippen molar-refractivity contribution in [3.05, 3.63) is 119 Å². The van der Waals surface area contributed by atoms with Crippen molar-refractivity contribution in [2.45, 2.75) is 31.4 Å². The van der Waals surface area contributed by atoms with Crippen molar-refractivity contribution < 1.29 is 9.53 Å². The van der Waals surface area contributed by atoms with Gasteiger partial charge < -0.3 is 4.74 Å². The Bertz CT molecular complexity index is 1290. The number of aryl methyl sites for hydroxylation is 2. The highest BCUT2D eigenvalue weighted by Crippen LogP contribution is 2.20. The summed E-state index contributed by atoms with van der Waals surface area (Å²) in [6, 6.07) is 26.9. The van der Waals surface area contributed by atoms with E-state index in [0.717, 1.165) is 39.0 Å². The fourth-order valence-corrected chi connectivity index (χ4v) is 4.24. The third-order valence-corrected chi connectivity index (χ3v) is 5.99. The van der Waals surface area contributed by atoms with Crippen LogP contribution in [0, 0.1) is 13.8 Å². The molecule has 0 saturated heterocycles. The summed E-state index contributed by atoms with van der Waals surface area (Å²) in [5.74, 6) is 1.15. The molecule has 1 N–H and O–H groups in total. The first-order valence-electron chi connectivity index (χ1n) is 11.2. The van der Waals surface area contributed by atoms with Crippen molar-refractivity contribution in [2.24, 2.45) is 5.10 Å². The second-order valence-electron chi connectivity index (χ2n) is 7.93. The Kier molecular flexibility index (Phi) is 8.25. The number of hydrogen-bond donors (Lipinski definition) is 1.